The summed E-state index contributed by atoms with van der Waals surface area (Å²) in [5, 5.41) is 3.47. The van der Waals surface area contributed by atoms with Crippen LogP contribution in [-0.4, -0.2) is 34.4 Å². The van der Waals surface area contributed by atoms with Crippen LogP contribution in [0.5, 0.6) is 0 Å². The number of aromatic nitrogens is 1. The van der Waals surface area contributed by atoms with E-state index in [1.54, 1.807) is 0 Å². The van der Waals surface area contributed by atoms with Gasteiger partial charge in [0, 0.05) is 24.1 Å². The Morgan fingerprint density at radius 3 is 3.11 bits per heavy atom. The van der Waals surface area contributed by atoms with Crippen LogP contribution in [0, 0.1) is 0 Å². The third kappa shape index (κ3) is 1.56. The number of ketones is 1. The van der Waals surface area contributed by atoms with Crippen molar-refractivity contribution < 1.29 is 4.79 Å². The lowest BCUT2D eigenvalue weighted by Gasteiger charge is -2.27. The molecule has 0 aliphatic carbocycles. The van der Waals surface area contributed by atoms with Gasteiger partial charge in [0.25, 0.3) is 0 Å². The van der Waals surface area contributed by atoms with Gasteiger partial charge in [0.2, 0.25) is 0 Å². The van der Waals surface area contributed by atoms with Gasteiger partial charge in [-0.2, -0.15) is 0 Å². The van der Waals surface area contributed by atoms with Gasteiger partial charge in [0.15, 0.2) is 0 Å². The number of nitrogens with one attached hydrogen (secondary N) is 1. The summed E-state index contributed by atoms with van der Waals surface area (Å²) in [5.74, 6) is 1.76. The molecule has 0 saturated carbocycles. The number of pyridine rings is 1. The molecule has 3 unspecified atom stereocenters. The Morgan fingerprint density at radius 2 is 2.39 bits per heavy atom. The van der Waals surface area contributed by atoms with Gasteiger partial charge < -0.3 is 5.32 Å². The summed E-state index contributed by atoms with van der Waals surface area (Å²) in [6.07, 6.45) is 3.62. The van der Waals surface area contributed by atoms with Crippen molar-refractivity contribution in [1.82, 2.24) is 9.88 Å². The highest BCUT2D eigenvalue weighted by Gasteiger charge is 2.47. The van der Waals surface area contributed by atoms with E-state index in [9.17, 15) is 4.79 Å². The third-order valence-corrected chi connectivity index (χ3v) is 4.22. The zero-order valence-electron chi connectivity index (χ0n) is 10.9. The van der Waals surface area contributed by atoms with Crippen molar-refractivity contribution in [2.45, 2.75) is 44.8 Å². The van der Waals surface area contributed by atoms with E-state index in [1.807, 2.05) is 19.2 Å². The number of anilines is 1. The maximum atomic E-state index is 12.0. The second kappa shape index (κ2) is 4.35. The molecule has 96 valence electrons. The minimum Gasteiger partial charge on any atom is -0.354 e. The Kier molecular flexibility index (Phi) is 2.82. The van der Waals surface area contributed by atoms with Crippen LogP contribution in [0.2, 0.25) is 0 Å². The SMILES string of the molecule is CCC(=O)C1CC2c3cccnc3NC2N1CC. The second-order valence-electron chi connectivity index (χ2n) is 5.04. The summed E-state index contributed by atoms with van der Waals surface area (Å²) in [7, 11) is 0. The molecule has 4 heteroatoms. The molecule has 1 fully saturated rings. The molecule has 1 aromatic rings. The molecular weight excluding hydrogens is 226 g/mol. The van der Waals surface area contributed by atoms with Crippen molar-refractivity contribution in [1.29, 1.82) is 0 Å². The van der Waals surface area contributed by atoms with E-state index in [-0.39, 0.29) is 12.2 Å². The highest BCUT2D eigenvalue weighted by molar-refractivity contribution is 5.84. The lowest BCUT2D eigenvalue weighted by Crippen LogP contribution is -2.43. The van der Waals surface area contributed by atoms with E-state index in [1.165, 1.54) is 5.56 Å². The van der Waals surface area contributed by atoms with E-state index < -0.39 is 0 Å². The average Bonchev–Trinajstić information content (AvgIpc) is 2.93. The first-order valence-corrected chi connectivity index (χ1v) is 6.76. The van der Waals surface area contributed by atoms with E-state index in [4.69, 9.17) is 0 Å². The molecule has 0 amide bonds. The Bertz CT molecular complexity index is 474. The fourth-order valence-corrected chi connectivity index (χ4v) is 3.36. The van der Waals surface area contributed by atoms with Crippen LogP contribution in [0.15, 0.2) is 18.3 Å². The predicted molar refractivity (Wildman–Crippen MR) is 70.5 cm³/mol. The normalized spacial score (nSPS) is 29.8. The molecule has 1 aromatic heterocycles. The number of carbonyl (C=O) groups excluding carboxylic acids is 1. The Hall–Kier alpha value is -1.42. The number of fused-ring (bicyclic) bond motifs is 3. The standard InChI is InChI=1S/C14H19N3O/c1-3-12(18)11-8-10-9-6-5-7-15-13(9)16-14(10)17(11)4-2/h5-7,10-11,14H,3-4,8H2,1-2H3,(H,15,16). The van der Waals surface area contributed by atoms with Crippen LogP contribution in [0.25, 0.3) is 0 Å². The summed E-state index contributed by atoms with van der Waals surface area (Å²) in [6.45, 7) is 4.97. The number of likely N-dealkylation sites (N-methyl/N-ethyl adjacent to an activating group) is 1. The van der Waals surface area contributed by atoms with Gasteiger partial charge >= 0.3 is 0 Å². The van der Waals surface area contributed by atoms with Gasteiger partial charge in [-0.05, 0) is 19.0 Å². The average molecular weight is 245 g/mol. The summed E-state index contributed by atoms with van der Waals surface area (Å²) < 4.78 is 0. The molecule has 2 aliphatic heterocycles. The highest BCUT2D eigenvalue weighted by atomic mass is 16.1. The molecule has 1 saturated heterocycles. The molecule has 3 atom stereocenters. The zero-order chi connectivity index (χ0) is 12.7. The number of Topliss-reactive ketones (excluding diaryl/α,β-unsaturated/α-hetero) is 1. The molecule has 18 heavy (non-hydrogen) atoms. The molecule has 1 N–H and O–H groups in total. The smallest absolute Gasteiger partial charge is 0.149 e. The van der Waals surface area contributed by atoms with Crippen molar-refractivity contribution in [3.63, 3.8) is 0 Å². The summed E-state index contributed by atoms with van der Waals surface area (Å²) >= 11 is 0. The Labute approximate surface area is 107 Å². The van der Waals surface area contributed by atoms with Crippen LogP contribution in [-0.2, 0) is 4.79 Å². The van der Waals surface area contributed by atoms with Gasteiger partial charge in [0.1, 0.15) is 11.6 Å². The van der Waals surface area contributed by atoms with Crippen molar-refractivity contribution in [3.05, 3.63) is 23.9 Å². The first kappa shape index (κ1) is 11.7. The predicted octanol–water partition coefficient (Wildman–Crippen LogP) is 1.99. The minimum atomic E-state index is 0.0795. The number of likely N-dealkylation sites (tertiary alicyclic amines) is 1. The molecule has 0 radical (unpaired) electrons. The van der Waals surface area contributed by atoms with Crippen molar-refractivity contribution in [3.8, 4) is 0 Å². The Morgan fingerprint density at radius 1 is 1.56 bits per heavy atom. The van der Waals surface area contributed by atoms with Crippen LogP contribution < -0.4 is 5.32 Å². The molecule has 0 bridgehead atoms. The van der Waals surface area contributed by atoms with E-state index in [2.05, 4.69) is 28.2 Å². The first-order valence-electron chi connectivity index (χ1n) is 6.76. The first-order chi connectivity index (χ1) is 8.76. The van der Waals surface area contributed by atoms with Gasteiger partial charge in [-0.1, -0.05) is 19.9 Å². The molecule has 2 aliphatic rings. The van der Waals surface area contributed by atoms with Crippen LogP contribution in [0.4, 0.5) is 5.82 Å². The molecule has 3 heterocycles. The Balaban J connectivity index is 1.92. The van der Waals surface area contributed by atoms with Crippen molar-refractivity contribution in [2.75, 3.05) is 11.9 Å². The van der Waals surface area contributed by atoms with Crippen LogP contribution >= 0.6 is 0 Å². The van der Waals surface area contributed by atoms with E-state index >= 15 is 0 Å². The lowest BCUT2D eigenvalue weighted by molar-refractivity contribution is -0.123. The van der Waals surface area contributed by atoms with E-state index in [0.717, 1.165) is 18.8 Å². The van der Waals surface area contributed by atoms with Crippen molar-refractivity contribution >= 4 is 11.6 Å². The maximum absolute atomic E-state index is 12.0. The van der Waals surface area contributed by atoms with Gasteiger partial charge in [0.05, 0.1) is 12.2 Å². The zero-order valence-corrected chi connectivity index (χ0v) is 10.9. The van der Waals surface area contributed by atoms with Crippen molar-refractivity contribution in [2.24, 2.45) is 0 Å². The third-order valence-electron chi connectivity index (χ3n) is 4.22. The van der Waals surface area contributed by atoms with E-state index in [0.29, 0.717) is 18.1 Å². The fourth-order valence-electron chi connectivity index (χ4n) is 3.36. The summed E-state index contributed by atoms with van der Waals surface area (Å²) in [6, 6.07) is 4.19. The molecule has 3 rings (SSSR count). The number of hydrogen-bond donors (Lipinski definition) is 1. The monoisotopic (exact) mass is 245 g/mol. The topological polar surface area (TPSA) is 45.2 Å². The highest BCUT2D eigenvalue weighted by Crippen LogP contribution is 2.45. The van der Waals surface area contributed by atoms with Gasteiger partial charge in [-0.15, -0.1) is 0 Å². The molecular formula is C14H19N3O. The number of nitrogens with zero attached hydrogens (tertiary/aromatic N) is 2. The minimum absolute atomic E-state index is 0.0795. The fraction of sp³-hybridized carbons (Fsp3) is 0.571. The van der Waals surface area contributed by atoms with Crippen LogP contribution in [0.1, 0.15) is 38.2 Å². The lowest BCUT2D eigenvalue weighted by atomic mass is 9.96. The molecule has 4 nitrogen and oxygen atoms in total. The van der Waals surface area contributed by atoms with Crippen LogP contribution in [0.3, 0.4) is 0 Å². The summed E-state index contributed by atoms with van der Waals surface area (Å²) in [4.78, 5) is 18.7. The van der Waals surface area contributed by atoms with Gasteiger partial charge in [-0.25, -0.2) is 4.98 Å². The molecule has 0 aromatic carbocycles. The number of hydrogen-bond acceptors (Lipinski definition) is 4. The quantitative estimate of drug-likeness (QED) is 0.884. The maximum Gasteiger partial charge on any atom is 0.149 e. The molecule has 0 spiro atoms. The largest absolute Gasteiger partial charge is 0.354 e. The second-order valence-corrected chi connectivity index (χ2v) is 5.04. The number of carbonyl (C=O) groups is 1. The number of rotatable bonds is 3. The summed E-state index contributed by atoms with van der Waals surface area (Å²) in [5.41, 5.74) is 1.27. The van der Waals surface area contributed by atoms with Gasteiger partial charge in [-0.3, -0.25) is 9.69 Å².